The molecule has 1 aromatic carbocycles. The van der Waals surface area contributed by atoms with Crippen LogP contribution < -0.4 is 21.6 Å². The largest absolute Gasteiger partial charge is 0.301 e. The molecule has 112 valence electrons. The van der Waals surface area contributed by atoms with Crippen molar-refractivity contribution in [3.8, 4) is 0 Å². The van der Waals surface area contributed by atoms with E-state index in [1.54, 1.807) is 4.68 Å². The summed E-state index contributed by atoms with van der Waals surface area (Å²) in [4.78, 5) is 12.8. The topological polar surface area (TPSA) is 47.0 Å². The van der Waals surface area contributed by atoms with E-state index in [4.69, 9.17) is 5.84 Å². The van der Waals surface area contributed by atoms with E-state index in [9.17, 15) is 4.79 Å². The average molecular weight is 293 g/mol. The van der Waals surface area contributed by atoms with Crippen LogP contribution in [0.25, 0.3) is 0 Å². The number of carbonyl (C=O) groups excluding carboxylic acids is 1. The van der Waals surface area contributed by atoms with Gasteiger partial charge in [-0.2, -0.15) is 0 Å². The Hall–Kier alpha value is -2.10. The predicted molar refractivity (Wildman–Crippen MR) is 90.9 cm³/mol. The number of benzene rings is 1. The van der Waals surface area contributed by atoms with Gasteiger partial charge in [0.1, 0.15) is 0 Å². The lowest BCUT2D eigenvalue weighted by Gasteiger charge is -2.25. The molecule has 1 aliphatic heterocycles. The summed E-state index contributed by atoms with van der Waals surface area (Å²) in [6, 6.07) is 11.8. The number of ketones is 1. The maximum absolute atomic E-state index is 12.8. The molecule has 2 heterocycles. The zero-order valence-electron chi connectivity index (χ0n) is 13.6. The summed E-state index contributed by atoms with van der Waals surface area (Å²) in [6.45, 7) is 8.75. The summed E-state index contributed by atoms with van der Waals surface area (Å²) in [5, 5.41) is 0. The standard InChI is InChI=1S/C18H22BN2O/c1-11(2)16-10-9-14-17(22)13-7-5-6-8-15(13)19(12(3)4)18(14)21(16)20/h5-12H,20H2,1-4H3/q+1. The van der Waals surface area contributed by atoms with Gasteiger partial charge in [-0.1, -0.05) is 67.9 Å². The molecule has 3 rings (SSSR count). The number of rotatable bonds is 2. The number of nitrogens with zero attached hydrogens (tertiary/aromatic N) is 1. The number of aromatic nitrogens is 1. The molecule has 0 unspecified atom stereocenters. The van der Waals surface area contributed by atoms with Crippen molar-refractivity contribution in [1.29, 1.82) is 0 Å². The van der Waals surface area contributed by atoms with Crippen LogP contribution in [0.15, 0.2) is 36.4 Å². The van der Waals surface area contributed by atoms with Crippen LogP contribution in [-0.2, 0) is 0 Å². The second-order valence-electron chi connectivity index (χ2n) is 6.72. The lowest BCUT2D eigenvalue weighted by molar-refractivity contribution is -0.630. The Morgan fingerprint density at radius 1 is 1.00 bits per heavy atom. The molecule has 0 saturated heterocycles. The highest BCUT2D eigenvalue weighted by molar-refractivity contribution is 6.88. The minimum atomic E-state index is 0.0806. The summed E-state index contributed by atoms with van der Waals surface area (Å²) >= 11 is 0. The smallest absolute Gasteiger partial charge is 0.288 e. The lowest BCUT2D eigenvalue weighted by Crippen LogP contribution is -2.72. The number of nitrogen functional groups attached to an aromatic ring is 1. The molecule has 0 amide bonds. The van der Waals surface area contributed by atoms with Gasteiger partial charge in [0.2, 0.25) is 5.69 Å². The highest BCUT2D eigenvalue weighted by Crippen LogP contribution is 2.20. The first-order valence-corrected chi connectivity index (χ1v) is 7.91. The van der Waals surface area contributed by atoms with Gasteiger partial charge in [-0.3, -0.25) is 4.79 Å². The molecule has 0 fully saturated rings. The summed E-state index contributed by atoms with van der Waals surface area (Å²) in [5.74, 6) is 7.18. The Kier molecular flexibility index (Phi) is 3.55. The van der Waals surface area contributed by atoms with E-state index in [0.29, 0.717) is 11.7 Å². The Labute approximate surface area is 132 Å². The third-order valence-electron chi connectivity index (χ3n) is 4.57. The van der Waals surface area contributed by atoms with Crippen molar-refractivity contribution in [2.75, 3.05) is 5.84 Å². The van der Waals surface area contributed by atoms with Gasteiger partial charge in [-0.15, -0.1) is 0 Å². The van der Waals surface area contributed by atoms with E-state index < -0.39 is 0 Å². The maximum Gasteiger partial charge on any atom is 0.301 e. The third kappa shape index (κ3) is 2.05. The fraction of sp³-hybridized carbons (Fsp3) is 0.333. The van der Waals surface area contributed by atoms with Gasteiger partial charge in [-0.25, -0.2) is 5.84 Å². The molecule has 4 heteroatoms. The van der Waals surface area contributed by atoms with Crippen molar-refractivity contribution in [1.82, 2.24) is 0 Å². The summed E-state index contributed by atoms with van der Waals surface area (Å²) in [5.41, 5.74) is 4.65. The second-order valence-corrected chi connectivity index (χ2v) is 6.72. The molecule has 1 aromatic heterocycles. The Balaban J connectivity index is 2.33. The van der Waals surface area contributed by atoms with Crippen molar-refractivity contribution >= 4 is 23.6 Å². The third-order valence-corrected chi connectivity index (χ3v) is 4.57. The highest BCUT2D eigenvalue weighted by atomic mass is 16.1. The van der Waals surface area contributed by atoms with Gasteiger partial charge < -0.3 is 0 Å². The molecular formula is C18H22BN2O+. The summed E-state index contributed by atoms with van der Waals surface area (Å²) < 4.78 is 1.75. The zero-order valence-corrected chi connectivity index (χ0v) is 13.6. The molecule has 0 aliphatic carbocycles. The van der Waals surface area contributed by atoms with Gasteiger partial charge >= 0.3 is 6.71 Å². The molecule has 0 bridgehead atoms. The fourth-order valence-electron chi connectivity index (χ4n) is 3.53. The Morgan fingerprint density at radius 2 is 1.68 bits per heavy atom. The van der Waals surface area contributed by atoms with Crippen molar-refractivity contribution in [2.24, 2.45) is 0 Å². The fourth-order valence-corrected chi connectivity index (χ4v) is 3.53. The van der Waals surface area contributed by atoms with Crippen molar-refractivity contribution in [3.63, 3.8) is 0 Å². The molecule has 0 atom stereocenters. The summed E-state index contributed by atoms with van der Waals surface area (Å²) in [6.07, 6.45) is 0. The molecule has 1 aliphatic rings. The molecule has 3 nitrogen and oxygen atoms in total. The van der Waals surface area contributed by atoms with E-state index in [2.05, 4.69) is 33.8 Å². The second kappa shape index (κ2) is 5.27. The molecular weight excluding hydrogens is 271 g/mol. The Morgan fingerprint density at radius 3 is 2.32 bits per heavy atom. The van der Waals surface area contributed by atoms with Crippen molar-refractivity contribution in [2.45, 2.75) is 39.4 Å². The number of hydrogen-bond acceptors (Lipinski definition) is 2. The van der Waals surface area contributed by atoms with Crippen LogP contribution in [0.5, 0.6) is 0 Å². The van der Waals surface area contributed by atoms with Gasteiger partial charge in [0.15, 0.2) is 11.4 Å². The zero-order chi connectivity index (χ0) is 16.0. The molecule has 0 spiro atoms. The average Bonchev–Trinajstić information content (AvgIpc) is 2.48. The first-order valence-electron chi connectivity index (χ1n) is 7.91. The molecule has 0 saturated carbocycles. The normalized spacial score (nSPS) is 13.5. The van der Waals surface area contributed by atoms with Crippen LogP contribution in [0.4, 0.5) is 0 Å². The van der Waals surface area contributed by atoms with Crippen LogP contribution in [0.3, 0.4) is 0 Å². The number of hydrogen-bond donors (Lipinski definition) is 1. The van der Waals surface area contributed by atoms with E-state index in [-0.39, 0.29) is 12.5 Å². The first-order chi connectivity index (χ1) is 10.4. The highest BCUT2D eigenvalue weighted by Gasteiger charge is 2.43. The van der Waals surface area contributed by atoms with Crippen LogP contribution in [0.1, 0.15) is 55.2 Å². The van der Waals surface area contributed by atoms with Crippen LogP contribution in [0.2, 0.25) is 5.82 Å². The van der Waals surface area contributed by atoms with Gasteiger partial charge in [0.05, 0.1) is 5.56 Å². The quantitative estimate of drug-likeness (QED) is 0.516. The van der Waals surface area contributed by atoms with Gasteiger partial charge in [0, 0.05) is 17.5 Å². The SMILES string of the molecule is CC(C)B1c2ccccc2C(=O)c2ccc(C(C)C)[n+](N)c21. The van der Waals surface area contributed by atoms with Gasteiger partial charge in [0.25, 0.3) is 0 Å². The minimum Gasteiger partial charge on any atom is -0.288 e. The van der Waals surface area contributed by atoms with E-state index in [1.165, 1.54) is 0 Å². The Bertz CT molecular complexity index is 753. The van der Waals surface area contributed by atoms with Crippen LogP contribution in [-0.4, -0.2) is 12.5 Å². The molecule has 2 aromatic rings. The number of carbonyl (C=O) groups is 1. The minimum absolute atomic E-state index is 0.0806. The predicted octanol–water partition coefficient (Wildman–Crippen LogP) is 1.37. The lowest BCUT2D eigenvalue weighted by atomic mass is 9.32. The molecule has 2 N–H and O–H groups in total. The first kappa shape index (κ1) is 14.8. The van der Waals surface area contributed by atoms with E-state index in [1.807, 2.05) is 30.3 Å². The maximum atomic E-state index is 12.8. The van der Waals surface area contributed by atoms with Crippen molar-refractivity contribution in [3.05, 3.63) is 53.2 Å². The molecule has 22 heavy (non-hydrogen) atoms. The van der Waals surface area contributed by atoms with E-state index >= 15 is 0 Å². The van der Waals surface area contributed by atoms with Crippen LogP contribution in [0, 0.1) is 0 Å². The van der Waals surface area contributed by atoms with Crippen LogP contribution >= 0.6 is 0 Å². The van der Waals surface area contributed by atoms with Gasteiger partial charge in [-0.05, 0) is 6.07 Å². The number of fused-ring (bicyclic) bond motifs is 2. The summed E-state index contributed by atoms with van der Waals surface area (Å²) in [7, 11) is 0. The number of pyridine rings is 1. The van der Waals surface area contributed by atoms with Crippen molar-refractivity contribution < 1.29 is 9.47 Å². The molecule has 0 radical (unpaired) electrons. The monoisotopic (exact) mass is 293 g/mol. The number of nitrogens with two attached hydrogens (primary N) is 1. The van der Waals surface area contributed by atoms with E-state index in [0.717, 1.165) is 27.9 Å².